The number of anilines is 1. The minimum Gasteiger partial charge on any atom is -0.497 e. The van der Waals surface area contributed by atoms with E-state index in [1.807, 2.05) is 82.3 Å². The quantitative estimate of drug-likeness (QED) is 0.307. The van der Waals surface area contributed by atoms with Gasteiger partial charge in [-0.25, -0.2) is 4.79 Å². The van der Waals surface area contributed by atoms with Gasteiger partial charge in [0, 0.05) is 17.6 Å². The van der Waals surface area contributed by atoms with Crippen molar-refractivity contribution < 1.29 is 23.9 Å². The van der Waals surface area contributed by atoms with Crippen LogP contribution in [0.25, 0.3) is 0 Å². The zero-order valence-corrected chi connectivity index (χ0v) is 25.9. The molecule has 2 N–H and O–H groups in total. The number of aryl methyl sites for hydroxylation is 1. The molecule has 42 heavy (non-hydrogen) atoms. The maximum absolute atomic E-state index is 14.6. The zero-order chi connectivity index (χ0) is 31.1. The Kier molecular flexibility index (Phi) is 10.4. The molecule has 3 aromatic rings. The molecule has 0 saturated carbocycles. The third kappa shape index (κ3) is 9.09. The molecular weight excluding hydrogens is 530 g/mol. The second-order valence-corrected chi connectivity index (χ2v) is 12.3. The van der Waals surface area contributed by atoms with E-state index in [-0.39, 0.29) is 12.3 Å². The highest BCUT2D eigenvalue weighted by molar-refractivity contribution is 5.99. The normalized spacial score (nSPS) is 13.0. The van der Waals surface area contributed by atoms with Crippen LogP contribution in [0.5, 0.6) is 5.75 Å². The third-order valence-corrected chi connectivity index (χ3v) is 6.45. The molecule has 2 unspecified atom stereocenters. The number of hydrogen-bond acceptors (Lipinski definition) is 5. The molecule has 3 rings (SSSR count). The molecule has 0 saturated heterocycles. The first-order valence-electron chi connectivity index (χ1n) is 14.1. The highest BCUT2D eigenvalue weighted by Crippen LogP contribution is 2.32. The minimum atomic E-state index is -1.00. The highest BCUT2D eigenvalue weighted by Gasteiger charge is 2.42. The van der Waals surface area contributed by atoms with Crippen LogP contribution in [0, 0.1) is 6.92 Å². The minimum absolute atomic E-state index is 0.214. The molecule has 8 nitrogen and oxygen atoms in total. The van der Waals surface area contributed by atoms with Crippen LogP contribution in [0.4, 0.5) is 10.5 Å². The van der Waals surface area contributed by atoms with Crippen LogP contribution in [-0.4, -0.2) is 47.1 Å². The number of methoxy groups -OCH3 is 1. The van der Waals surface area contributed by atoms with E-state index in [4.69, 9.17) is 9.47 Å². The second kappa shape index (κ2) is 13.6. The number of alkyl carbamates (subject to hydrolysis) is 1. The summed E-state index contributed by atoms with van der Waals surface area (Å²) in [6.07, 6.45) is -0.494. The lowest BCUT2D eigenvalue weighted by Crippen LogP contribution is -2.58. The molecule has 8 heteroatoms. The van der Waals surface area contributed by atoms with Crippen molar-refractivity contribution in [3.05, 3.63) is 95.6 Å². The maximum atomic E-state index is 14.6. The molecule has 3 amide bonds. The van der Waals surface area contributed by atoms with E-state index in [1.165, 1.54) is 0 Å². The van der Waals surface area contributed by atoms with Gasteiger partial charge >= 0.3 is 6.09 Å². The van der Waals surface area contributed by atoms with E-state index in [0.717, 1.165) is 11.1 Å². The second-order valence-electron chi connectivity index (χ2n) is 12.3. The summed E-state index contributed by atoms with van der Waals surface area (Å²) in [5.41, 5.74) is 1.45. The van der Waals surface area contributed by atoms with Gasteiger partial charge in [-0.05, 0) is 83.9 Å². The molecular formula is C34H43N3O5. The number of carbonyl (C=O) groups excluding carboxylic acids is 3. The van der Waals surface area contributed by atoms with Gasteiger partial charge in [-0.1, -0.05) is 60.2 Å². The highest BCUT2D eigenvalue weighted by atomic mass is 16.6. The van der Waals surface area contributed by atoms with Gasteiger partial charge in [-0.2, -0.15) is 0 Å². The van der Waals surface area contributed by atoms with Crippen LogP contribution in [0.1, 0.15) is 64.3 Å². The van der Waals surface area contributed by atoms with E-state index in [0.29, 0.717) is 17.0 Å². The number of nitrogens with zero attached hydrogens (tertiary/aromatic N) is 1. The van der Waals surface area contributed by atoms with Gasteiger partial charge in [0.15, 0.2) is 0 Å². The molecule has 0 aromatic heterocycles. The van der Waals surface area contributed by atoms with Gasteiger partial charge in [0.25, 0.3) is 5.91 Å². The molecule has 0 fully saturated rings. The summed E-state index contributed by atoms with van der Waals surface area (Å²) in [6, 6.07) is 22.0. The van der Waals surface area contributed by atoms with E-state index in [2.05, 4.69) is 10.6 Å². The number of amides is 3. The Morgan fingerprint density at radius 3 is 2.05 bits per heavy atom. The smallest absolute Gasteiger partial charge is 0.408 e. The summed E-state index contributed by atoms with van der Waals surface area (Å²) < 4.78 is 10.8. The molecule has 224 valence electrons. The van der Waals surface area contributed by atoms with Crippen molar-refractivity contribution in [2.24, 2.45) is 0 Å². The Bertz CT molecular complexity index is 1360. The fourth-order valence-corrected chi connectivity index (χ4v) is 4.66. The average Bonchev–Trinajstić information content (AvgIpc) is 2.90. The molecule has 3 aromatic carbocycles. The van der Waals surface area contributed by atoms with Gasteiger partial charge in [-0.3, -0.25) is 9.59 Å². The van der Waals surface area contributed by atoms with Gasteiger partial charge < -0.3 is 25.0 Å². The first-order valence-corrected chi connectivity index (χ1v) is 14.1. The number of ether oxygens (including phenoxy) is 2. The predicted octanol–water partition coefficient (Wildman–Crippen LogP) is 6.45. The first-order chi connectivity index (χ1) is 19.7. The lowest BCUT2D eigenvalue weighted by Gasteiger charge is -2.43. The van der Waals surface area contributed by atoms with Crippen molar-refractivity contribution in [1.82, 2.24) is 10.2 Å². The van der Waals surface area contributed by atoms with Gasteiger partial charge in [0.05, 0.1) is 7.11 Å². The van der Waals surface area contributed by atoms with Crippen molar-refractivity contribution in [3.8, 4) is 5.75 Å². The van der Waals surface area contributed by atoms with Crippen molar-refractivity contribution >= 4 is 23.6 Å². The van der Waals surface area contributed by atoms with Gasteiger partial charge in [0.2, 0.25) is 5.91 Å². The number of nitrogens with one attached hydrogen (secondary N) is 2. The Balaban J connectivity index is 2.08. The lowest BCUT2D eigenvalue weighted by atomic mass is 9.93. The van der Waals surface area contributed by atoms with Crippen molar-refractivity contribution in [2.45, 2.75) is 78.1 Å². The Morgan fingerprint density at radius 2 is 1.50 bits per heavy atom. The molecule has 2 atom stereocenters. The molecule has 0 radical (unpaired) electrons. The lowest BCUT2D eigenvalue weighted by molar-refractivity contribution is -0.146. The largest absolute Gasteiger partial charge is 0.497 e. The van der Waals surface area contributed by atoms with Crippen molar-refractivity contribution in [1.29, 1.82) is 0 Å². The van der Waals surface area contributed by atoms with Gasteiger partial charge in [0.1, 0.15) is 23.4 Å². The third-order valence-electron chi connectivity index (χ3n) is 6.45. The number of carbonyl (C=O) groups is 3. The SMILES string of the molecule is COc1ccc(NC(=O)C(c2cccc(C)c2)N(C(=O)C(Cc2ccccc2)NC(=O)OC(C)(C)C)C(C)(C)C)cc1. The van der Waals surface area contributed by atoms with Crippen molar-refractivity contribution in [3.63, 3.8) is 0 Å². The van der Waals surface area contributed by atoms with E-state index >= 15 is 0 Å². The molecule has 0 bridgehead atoms. The Labute approximate surface area is 249 Å². The standard InChI is InChI=1S/C34H43N3O5/c1-23-13-12-16-25(21-23)29(30(38)35-26-17-19-27(41-8)20-18-26)37(33(2,3)4)31(39)28(22-24-14-10-9-11-15-24)36-32(40)42-34(5,6)7/h9-21,28-29H,22H2,1-8H3,(H,35,38)(H,36,40). The van der Waals surface area contributed by atoms with Crippen LogP contribution < -0.4 is 15.4 Å². The summed E-state index contributed by atoms with van der Waals surface area (Å²) >= 11 is 0. The number of rotatable bonds is 9. The Morgan fingerprint density at radius 1 is 0.857 bits per heavy atom. The first kappa shape index (κ1) is 32.2. The van der Waals surface area contributed by atoms with Crippen molar-refractivity contribution in [2.75, 3.05) is 12.4 Å². The summed E-state index contributed by atoms with van der Waals surface area (Å²) in [6.45, 7) is 12.9. The summed E-state index contributed by atoms with van der Waals surface area (Å²) in [5.74, 6) is -0.134. The Hall–Kier alpha value is -4.33. The maximum Gasteiger partial charge on any atom is 0.408 e. The van der Waals surface area contributed by atoms with E-state index in [9.17, 15) is 14.4 Å². The molecule has 0 heterocycles. The fraction of sp³-hybridized carbons (Fsp3) is 0.382. The molecule has 0 aliphatic heterocycles. The van der Waals surface area contributed by atoms with E-state index in [1.54, 1.807) is 57.0 Å². The fourth-order valence-electron chi connectivity index (χ4n) is 4.66. The van der Waals surface area contributed by atoms with Crippen LogP contribution in [-0.2, 0) is 20.7 Å². The van der Waals surface area contributed by atoms with Crippen LogP contribution in [0.3, 0.4) is 0 Å². The molecule has 0 aliphatic carbocycles. The van der Waals surface area contributed by atoms with E-state index < -0.39 is 35.2 Å². The topological polar surface area (TPSA) is 97.0 Å². The predicted molar refractivity (Wildman–Crippen MR) is 165 cm³/mol. The number of benzene rings is 3. The van der Waals surface area contributed by atoms with Gasteiger partial charge in [-0.15, -0.1) is 0 Å². The summed E-state index contributed by atoms with van der Waals surface area (Å²) in [7, 11) is 1.57. The summed E-state index contributed by atoms with van der Waals surface area (Å²) in [4.78, 5) is 43.2. The van der Waals surface area contributed by atoms with Crippen LogP contribution in [0.15, 0.2) is 78.9 Å². The zero-order valence-electron chi connectivity index (χ0n) is 25.9. The van der Waals surface area contributed by atoms with Crippen LogP contribution >= 0.6 is 0 Å². The monoisotopic (exact) mass is 573 g/mol. The average molecular weight is 574 g/mol. The summed E-state index contributed by atoms with van der Waals surface area (Å²) in [5, 5.41) is 5.77. The van der Waals surface area contributed by atoms with Crippen LogP contribution in [0.2, 0.25) is 0 Å². The molecule has 0 spiro atoms. The number of hydrogen-bond donors (Lipinski definition) is 2. The molecule has 0 aliphatic rings.